The highest BCUT2D eigenvalue weighted by Gasteiger charge is 2.49. The van der Waals surface area contributed by atoms with Crippen LogP contribution in [0, 0.1) is 0 Å². The second-order valence-corrected chi connectivity index (χ2v) is 7.41. The second kappa shape index (κ2) is 7.59. The summed E-state index contributed by atoms with van der Waals surface area (Å²) in [5.41, 5.74) is -4.39. The standard InChI is InChI=1S/C16H17F3N2O5S/c1-10(2)11-4-6-13(7-5-11)21-14(26-27(23,24)16(17,18)19)8-12(20-21)9-15(22)25-3/h4-8,10H,9H2,1-3H3. The van der Waals surface area contributed by atoms with Crippen molar-refractivity contribution < 1.29 is 35.3 Å². The Morgan fingerprint density at radius 1 is 1.22 bits per heavy atom. The summed E-state index contributed by atoms with van der Waals surface area (Å²) in [6, 6.07) is 7.50. The Hall–Kier alpha value is -2.56. The van der Waals surface area contributed by atoms with Gasteiger partial charge in [-0.2, -0.15) is 31.4 Å². The van der Waals surface area contributed by atoms with Gasteiger partial charge in [0, 0.05) is 6.07 Å². The fourth-order valence-electron chi connectivity index (χ4n) is 2.12. The first kappa shape index (κ1) is 20.7. The van der Waals surface area contributed by atoms with Gasteiger partial charge >= 0.3 is 21.6 Å². The van der Waals surface area contributed by atoms with Gasteiger partial charge in [-0.25, -0.2) is 0 Å². The Morgan fingerprint density at radius 3 is 2.30 bits per heavy atom. The van der Waals surface area contributed by atoms with E-state index in [1.807, 2.05) is 13.8 Å². The molecule has 0 N–H and O–H groups in total. The van der Waals surface area contributed by atoms with Gasteiger partial charge in [0.25, 0.3) is 0 Å². The lowest BCUT2D eigenvalue weighted by atomic mass is 10.0. The Balaban J connectivity index is 2.49. The van der Waals surface area contributed by atoms with Crippen LogP contribution < -0.4 is 4.18 Å². The highest BCUT2D eigenvalue weighted by molar-refractivity contribution is 7.87. The Bertz CT molecular complexity index is 919. The molecule has 2 aromatic rings. The number of esters is 1. The minimum absolute atomic E-state index is 0.0119. The van der Waals surface area contributed by atoms with Crippen molar-refractivity contribution in [1.29, 1.82) is 0 Å². The number of benzene rings is 1. The van der Waals surface area contributed by atoms with Gasteiger partial charge < -0.3 is 8.92 Å². The van der Waals surface area contributed by atoms with E-state index >= 15 is 0 Å². The molecule has 0 saturated carbocycles. The largest absolute Gasteiger partial charge is 0.534 e. The van der Waals surface area contributed by atoms with E-state index in [0.717, 1.165) is 23.4 Å². The highest BCUT2D eigenvalue weighted by Crippen LogP contribution is 2.29. The van der Waals surface area contributed by atoms with Crippen molar-refractivity contribution >= 4 is 16.1 Å². The van der Waals surface area contributed by atoms with Gasteiger partial charge in [-0.3, -0.25) is 4.79 Å². The lowest BCUT2D eigenvalue weighted by Crippen LogP contribution is -2.28. The quantitative estimate of drug-likeness (QED) is 0.416. The zero-order valence-electron chi connectivity index (χ0n) is 14.6. The molecule has 11 heteroatoms. The van der Waals surface area contributed by atoms with Crippen LogP contribution in [-0.4, -0.2) is 36.8 Å². The van der Waals surface area contributed by atoms with E-state index in [1.165, 1.54) is 0 Å². The third-order valence-electron chi connectivity index (χ3n) is 3.56. The number of carbonyl (C=O) groups excluding carboxylic acids is 1. The van der Waals surface area contributed by atoms with Crippen molar-refractivity contribution in [1.82, 2.24) is 9.78 Å². The van der Waals surface area contributed by atoms with Gasteiger partial charge in [0.2, 0.25) is 5.88 Å². The molecule has 0 aliphatic carbocycles. The molecule has 0 saturated heterocycles. The number of carbonyl (C=O) groups is 1. The van der Waals surface area contributed by atoms with E-state index in [2.05, 4.69) is 14.0 Å². The van der Waals surface area contributed by atoms with Crippen LogP contribution in [-0.2, 0) is 26.1 Å². The number of nitrogens with zero attached hydrogens (tertiary/aromatic N) is 2. The molecule has 0 aliphatic heterocycles. The van der Waals surface area contributed by atoms with Gasteiger partial charge in [0.1, 0.15) is 0 Å². The molecule has 1 aromatic heterocycles. The van der Waals surface area contributed by atoms with E-state index in [1.54, 1.807) is 24.3 Å². The van der Waals surface area contributed by atoms with Crippen molar-refractivity contribution in [3.8, 4) is 11.6 Å². The normalized spacial score (nSPS) is 12.3. The number of halogens is 3. The molecule has 0 aliphatic rings. The Kier molecular flexibility index (Phi) is 5.83. The monoisotopic (exact) mass is 406 g/mol. The van der Waals surface area contributed by atoms with Gasteiger partial charge in [0.05, 0.1) is 24.9 Å². The lowest BCUT2D eigenvalue weighted by Gasteiger charge is -2.12. The van der Waals surface area contributed by atoms with Crippen LogP contribution in [0.15, 0.2) is 30.3 Å². The molecular formula is C16H17F3N2O5S. The first-order valence-corrected chi connectivity index (χ1v) is 9.12. The van der Waals surface area contributed by atoms with Crippen LogP contribution in [0.1, 0.15) is 31.0 Å². The van der Waals surface area contributed by atoms with Crippen molar-refractivity contribution in [2.24, 2.45) is 0 Å². The van der Waals surface area contributed by atoms with Gasteiger partial charge in [-0.1, -0.05) is 26.0 Å². The van der Waals surface area contributed by atoms with Crippen LogP contribution in [0.4, 0.5) is 13.2 Å². The zero-order chi connectivity index (χ0) is 20.4. The SMILES string of the molecule is COC(=O)Cc1cc(OS(=O)(=O)C(F)(F)F)n(-c2ccc(C(C)C)cc2)n1. The Labute approximate surface area is 153 Å². The molecule has 2 rings (SSSR count). The molecule has 7 nitrogen and oxygen atoms in total. The van der Waals surface area contributed by atoms with Crippen molar-refractivity contribution in [2.45, 2.75) is 31.7 Å². The van der Waals surface area contributed by atoms with Crippen LogP contribution in [0.3, 0.4) is 0 Å². The third kappa shape index (κ3) is 4.79. The molecule has 148 valence electrons. The topological polar surface area (TPSA) is 87.5 Å². The summed E-state index contributed by atoms with van der Waals surface area (Å²) in [5, 5.41) is 3.97. The van der Waals surface area contributed by atoms with Crippen LogP contribution in [0.5, 0.6) is 5.88 Å². The average Bonchev–Trinajstić information content (AvgIpc) is 2.95. The lowest BCUT2D eigenvalue weighted by molar-refractivity contribution is -0.139. The predicted octanol–water partition coefficient (Wildman–Crippen LogP) is 2.94. The second-order valence-electron chi connectivity index (χ2n) is 5.87. The zero-order valence-corrected chi connectivity index (χ0v) is 15.5. The first-order chi connectivity index (χ1) is 12.4. The van der Waals surface area contributed by atoms with E-state index < -0.39 is 27.5 Å². The molecule has 1 aromatic carbocycles. The number of hydrogen-bond acceptors (Lipinski definition) is 6. The van der Waals surface area contributed by atoms with Crippen LogP contribution in [0.25, 0.3) is 5.69 Å². The summed E-state index contributed by atoms with van der Waals surface area (Å²) in [7, 11) is -4.77. The maximum absolute atomic E-state index is 12.6. The minimum Gasteiger partial charge on any atom is -0.469 e. The van der Waals surface area contributed by atoms with Crippen LogP contribution in [0.2, 0.25) is 0 Å². The van der Waals surface area contributed by atoms with Gasteiger partial charge in [0.15, 0.2) is 0 Å². The predicted molar refractivity (Wildman–Crippen MR) is 89.0 cm³/mol. The third-order valence-corrected chi connectivity index (χ3v) is 4.52. The summed E-state index contributed by atoms with van der Waals surface area (Å²) in [6.07, 6.45) is -0.365. The molecule has 0 amide bonds. The molecule has 27 heavy (non-hydrogen) atoms. The highest BCUT2D eigenvalue weighted by atomic mass is 32.2. The summed E-state index contributed by atoms with van der Waals surface area (Å²) in [4.78, 5) is 11.4. The number of alkyl halides is 3. The fraction of sp³-hybridized carbons (Fsp3) is 0.375. The first-order valence-electron chi connectivity index (χ1n) is 7.71. The summed E-state index contributed by atoms with van der Waals surface area (Å²) >= 11 is 0. The van der Waals surface area contributed by atoms with Crippen molar-refractivity contribution in [3.05, 3.63) is 41.6 Å². The smallest absolute Gasteiger partial charge is 0.469 e. The number of aromatic nitrogens is 2. The van der Waals surface area contributed by atoms with E-state index in [9.17, 15) is 26.4 Å². The molecule has 0 radical (unpaired) electrons. The molecule has 0 unspecified atom stereocenters. The van der Waals surface area contributed by atoms with E-state index in [4.69, 9.17) is 0 Å². The maximum atomic E-state index is 12.6. The van der Waals surface area contributed by atoms with Crippen molar-refractivity contribution in [3.63, 3.8) is 0 Å². The molecule has 0 spiro atoms. The number of methoxy groups -OCH3 is 1. The molecule has 0 bridgehead atoms. The van der Waals surface area contributed by atoms with Crippen molar-refractivity contribution in [2.75, 3.05) is 7.11 Å². The summed E-state index contributed by atoms with van der Waals surface area (Å²) in [5.74, 6) is -1.17. The molecule has 1 heterocycles. The number of rotatable bonds is 6. The molecular weight excluding hydrogens is 389 g/mol. The minimum atomic E-state index is -5.90. The summed E-state index contributed by atoms with van der Waals surface area (Å²) in [6.45, 7) is 3.92. The van der Waals surface area contributed by atoms with Gasteiger partial charge in [-0.05, 0) is 23.6 Å². The fourth-order valence-corrected chi connectivity index (χ4v) is 2.56. The average molecular weight is 406 g/mol. The van der Waals surface area contributed by atoms with Gasteiger partial charge in [-0.15, -0.1) is 0 Å². The maximum Gasteiger partial charge on any atom is 0.534 e. The number of hydrogen-bond donors (Lipinski definition) is 0. The van der Waals surface area contributed by atoms with E-state index in [-0.39, 0.29) is 23.7 Å². The number of ether oxygens (including phenoxy) is 1. The Morgan fingerprint density at radius 2 is 1.81 bits per heavy atom. The van der Waals surface area contributed by atoms with E-state index in [0.29, 0.717) is 0 Å². The molecule has 0 atom stereocenters. The molecule has 0 fully saturated rings. The summed E-state index contributed by atoms with van der Waals surface area (Å²) < 4.78 is 70.2. The van der Waals surface area contributed by atoms with Crippen LogP contribution >= 0.6 is 0 Å².